The molecule has 0 unspecified atom stereocenters. The summed E-state index contributed by atoms with van der Waals surface area (Å²) in [6, 6.07) is 6.33. The van der Waals surface area contributed by atoms with Crippen LogP contribution >= 0.6 is 0 Å². The molecule has 2 N–H and O–H groups in total. The summed E-state index contributed by atoms with van der Waals surface area (Å²) in [7, 11) is 0. The molecule has 1 aliphatic carbocycles. The smallest absolute Gasteiger partial charge is 0.0932 e. The molecule has 1 fully saturated rings. The Bertz CT molecular complexity index is 305. The summed E-state index contributed by atoms with van der Waals surface area (Å²) in [6.45, 7) is 2.70. The highest BCUT2D eigenvalue weighted by atomic mass is 16.6. The Balaban J connectivity index is 2.35. The fourth-order valence-corrected chi connectivity index (χ4v) is 1.91. The van der Waals surface area contributed by atoms with Gasteiger partial charge in [-0.1, -0.05) is 18.2 Å². The van der Waals surface area contributed by atoms with Gasteiger partial charge < -0.3 is 0 Å². The normalized spacial score (nSPS) is 16.2. The molecule has 0 spiro atoms. The number of hydrogen-bond donors (Lipinski definition) is 1. The molecular formula is C11H15NO. The molecule has 0 amide bonds. The Morgan fingerprint density at radius 3 is 2.85 bits per heavy atom. The lowest BCUT2D eigenvalue weighted by Gasteiger charge is -2.10. The minimum absolute atomic E-state index is 0.535. The first-order valence-electron chi connectivity index (χ1n) is 4.73. The minimum atomic E-state index is 0.535. The maximum absolute atomic E-state index is 5.10. The lowest BCUT2D eigenvalue weighted by molar-refractivity contribution is 0.123. The highest BCUT2D eigenvalue weighted by Gasteiger charge is 2.27. The molecule has 0 radical (unpaired) electrons. The standard InChI is InChI=1S/C11H15NO/c1-8-3-2-4-10(7-13-12)11(8)9-5-6-9/h2-4,9H,5-7,12H2,1H3. The van der Waals surface area contributed by atoms with E-state index >= 15 is 0 Å². The van der Waals surface area contributed by atoms with Gasteiger partial charge in [-0.05, 0) is 42.4 Å². The van der Waals surface area contributed by atoms with E-state index in [1.54, 1.807) is 0 Å². The molecule has 1 aliphatic rings. The van der Waals surface area contributed by atoms with Crippen LogP contribution in [0.4, 0.5) is 0 Å². The average Bonchev–Trinajstić information content (AvgIpc) is 2.88. The van der Waals surface area contributed by atoms with Crippen molar-refractivity contribution in [2.75, 3.05) is 0 Å². The number of nitrogens with two attached hydrogens (primary N) is 1. The average molecular weight is 177 g/mol. The van der Waals surface area contributed by atoms with Crippen LogP contribution in [0.2, 0.25) is 0 Å². The van der Waals surface area contributed by atoms with Gasteiger partial charge in [-0.25, -0.2) is 5.90 Å². The van der Waals surface area contributed by atoms with Gasteiger partial charge in [0.25, 0.3) is 0 Å². The maximum Gasteiger partial charge on any atom is 0.0932 e. The third-order valence-electron chi connectivity index (χ3n) is 2.64. The Kier molecular flexibility index (Phi) is 2.34. The zero-order valence-corrected chi connectivity index (χ0v) is 7.92. The molecule has 13 heavy (non-hydrogen) atoms. The summed E-state index contributed by atoms with van der Waals surface area (Å²) in [5.74, 6) is 5.87. The summed E-state index contributed by atoms with van der Waals surface area (Å²) in [5, 5.41) is 0. The van der Waals surface area contributed by atoms with E-state index in [9.17, 15) is 0 Å². The number of rotatable bonds is 3. The molecule has 0 bridgehead atoms. The van der Waals surface area contributed by atoms with Gasteiger partial charge in [-0.3, -0.25) is 4.84 Å². The van der Waals surface area contributed by atoms with Crippen molar-refractivity contribution < 1.29 is 4.84 Å². The Labute approximate surface area is 78.7 Å². The third-order valence-corrected chi connectivity index (χ3v) is 2.64. The summed E-state index contributed by atoms with van der Waals surface area (Å²) in [5.41, 5.74) is 4.09. The predicted octanol–water partition coefficient (Wildman–Crippen LogP) is 2.26. The highest BCUT2D eigenvalue weighted by Crippen LogP contribution is 2.43. The van der Waals surface area contributed by atoms with Crippen molar-refractivity contribution in [2.24, 2.45) is 5.90 Å². The second kappa shape index (κ2) is 3.48. The van der Waals surface area contributed by atoms with Crippen molar-refractivity contribution >= 4 is 0 Å². The van der Waals surface area contributed by atoms with Gasteiger partial charge in [0.1, 0.15) is 0 Å². The zero-order chi connectivity index (χ0) is 9.26. The Morgan fingerprint density at radius 1 is 1.46 bits per heavy atom. The van der Waals surface area contributed by atoms with Crippen LogP contribution in [0.5, 0.6) is 0 Å². The SMILES string of the molecule is Cc1cccc(CON)c1C1CC1. The molecule has 0 saturated heterocycles. The molecule has 0 aromatic heterocycles. The van der Waals surface area contributed by atoms with E-state index < -0.39 is 0 Å². The van der Waals surface area contributed by atoms with Crippen molar-refractivity contribution in [1.29, 1.82) is 0 Å². The molecule has 1 aromatic carbocycles. The lowest BCUT2D eigenvalue weighted by Crippen LogP contribution is -2.02. The first-order chi connectivity index (χ1) is 6.33. The topological polar surface area (TPSA) is 35.2 Å². The Morgan fingerprint density at radius 2 is 2.23 bits per heavy atom. The molecular weight excluding hydrogens is 162 g/mol. The number of aryl methyl sites for hydroxylation is 1. The quantitative estimate of drug-likeness (QED) is 0.719. The summed E-state index contributed by atoms with van der Waals surface area (Å²) < 4.78 is 0. The van der Waals surface area contributed by atoms with Gasteiger partial charge in [-0.15, -0.1) is 0 Å². The lowest BCUT2D eigenvalue weighted by atomic mass is 9.98. The zero-order valence-electron chi connectivity index (χ0n) is 7.92. The maximum atomic E-state index is 5.10. The predicted molar refractivity (Wildman–Crippen MR) is 52.1 cm³/mol. The third kappa shape index (κ3) is 1.74. The van der Waals surface area contributed by atoms with E-state index in [1.807, 2.05) is 0 Å². The van der Waals surface area contributed by atoms with E-state index in [1.165, 1.54) is 29.5 Å². The van der Waals surface area contributed by atoms with Crippen molar-refractivity contribution in [3.8, 4) is 0 Å². The van der Waals surface area contributed by atoms with E-state index in [-0.39, 0.29) is 0 Å². The van der Waals surface area contributed by atoms with Gasteiger partial charge in [0, 0.05) is 0 Å². The number of benzene rings is 1. The minimum Gasteiger partial charge on any atom is -0.300 e. The number of hydrogen-bond acceptors (Lipinski definition) is 2. The molecule has 1 aromatic rings. The molecule has 0 heterocycles. The first-order valence-corrected chi connectivity index (χ1v) is 4.73. The van der Waals surface area contributed by atoms with E-state index in [4.69, 9.17) is 10.7 Å². The summed E-state index contributed by atoms with van der Waals surface area (Å²) in [6.07, 6.45) is 2.64. The fraction of sp³-hybridized carbons (Fsp3) is 0.455. The largest absolute Gasteiger partial charge is 0.300 e. The fourth-order valence-electron chi connectivity index (χ4n) is 1.91. The highest BCUT2D eigenvalue weighted by molar-refractivity contribution is 5.39. The molecule has 0 aliphatic heterocycles. The van der Waals surface area contributed by atoms with Crippen LogP contribution in [-0.4, -0.2) is 0 Å². The van der Waals surface area contributed by atoms with Crippen LogP contribution in [-0.2, 0) is 11.4 Å². The van der Waals surface area contributed by atoms with Crippen LogP contribution in [0.25, 0.3) is 0 Å². The van der Waals surface area contributed by atoms with Gasteiger partial charge in [-0.2, -0.15) is 0 Å². The van der Waals surface area contributed by atoms with Crippen molar-refractivity contribution in [3.63, 3.8) is 0 Å². The van der Waals surface area contributed by atoms with Crippen LogP contribution in [0.15, 0.2) is 18.2 Å². The van der Waals surface area contributed by atoms with Crippen molar-refractivity contribution in [1.82, 2.24) is 0 Å². The molecule has 70 valence electrons. The van der Waals surface area contributed by atoms with E-state index in [0.717, 1.165) is 5.92 Å². The second-order valence-corrected chi connectivity index (χ2v) is 3.73. The molecule has 2 nitrogen and oxygen atoms in total. The molecule has 1 saturated carbocycles. The van der Waals surface area contributed by atoms with Crippen LogP contribution < -0.4 is 5.90 Å². The molecule has 2 rings (SSSR count). The van der Waals surface area contributed by atoms with Crippen LogP contribution in [0.3, 0.4) is 0 Å². The van der Waals surface area contributed by atoms with E-state index in [2.05, 4.69) is 25.1 Å². The van der Waals surface area contributed by atoms with Gasteiger partial charge in [0.15, 0.2) is 0 Å². The van der Waals surface area contributed by atoms with Crippen molar-refractivity contribution in [2.45, 2.75) is 32.3 Å². The van der Waals surface area contributed by atoms with Crippen LogP contribution in [0, 0.1) is 6.92 Å². The molecule has 2 heteroatoms. The van der Waals surface area contributed by atoms with Gasteiger partial charge in [0.05, 0.1) is 6.61 Å². The Hall–Kier alpha value is -0.860. The monoisotopic (exact) mass is 177 g/mol. The van der Waals surface area contributed by atoms with Gasteiger partial charge in [0.2, 0.25) is 0 Å². The van der Waals surface area contributed by atoms with Crippen LogP contribution in [0.1, 0.15) is 35.4 Å². The van der Waals surface area contributed by atoms with Gasteiger partial charge >= 0.3 is 0 Å². The summed E-state index contributed by atoms with van der Waals surface area (Å²) >= 11 is 0. The second-order valence-electron chi connectivity index (χ2n) is 3.73. The first kappa shape index (κ1) is 8.73. The van der Waals surface area contributed by atoms with Crippen molar-refractivity contribution in [3.05, 3.63) is 34.9 Å². The summed E-state index contributed by atoms with van der Waals surface area (Å²) in [4.78, 5) is 4.70. The van der Waals surface area contributed by atoms with E-state index in [0.29, 0.717) is 6.61 Å². The molecule has 0 atom stereocenters.